The zero-order valence-corrected chi connectivity index (χ0v) is 9.04. The van der Waals surface area contributed by atoms with Crippen LogP contribution in [0.3, 0.4) is 0 Å². The Morgan fingerprint density at radius 1 is 1.12 bits per heavy atom. The van der Waals surface area contributed by atoms with Gasteiger partial charge in [0.05, 0.1) is 12.0 Å². The van der Waals surface area contributed by atoms with Gasteiger partial charge in [-0.3, -0.25) is 9.36 Å². The number of rotatable bonds is 3. The summed E-state index contributed by atoms with van der Waals surface area (Å²) in [6.45, 7) is 0. The summed E-state index contributed by atoms with van der Waals surface area (Å²) in [5.41, 5.74) is 1.02. The molecule has 17 heavy (non-hydrogen) atoms. The van der Waals surface area contributed by atoms with Gasteiger partial charge < -0.3 is 5.11 Å². The van der Waals surface area contributed by atoms with E-state index in [1.807, 2.05) is 30.3 Å². The molecule has 0 atom stereocenters. The molecule has 1 N–H and O–H groups in total. The number of hydrogen-bond donors (Lipinski definition) is 1. The number of carboxylic acids is 1. The van der Waals surface area contributed by atoms with Crippen LogP contribution in [-0.2, 0) is 6.42 Å². The van der Waals surface area contributed by atoms with Gasteiger partial charge in [0.1, 0.15) is 0 Å². The van der Waals surface area contributed by atoms with Gasteiger partial charge in [0.2, 0.25) is 5.91 Å². The predicted octanol–water partition coefficient (Wildman–Crippen LogP) is 2.07. The number of aromatic nitrogens is 1. The monoisotopic (exact) mass is 229 g/mol. The lowest BCUT2D eigenvalue weighted by Crippen LogP contribution is -2.11. The molecular formula is C13H11NO3. The van der Waals surface area contributed by atoms with Crippen LogP contribution in [0, 0.1) is 0 Å². The molecule has 0 radical (unpaired) electrons. The van der Waals surface area contributed by atoms with Gasteiger partial charge >= 0.3 is 5.97 Å². The Kier molecular flexibility index (Phi) is 3.05. The number of nitrogens with zero attached hydrogens (tertiary/aromatic N) is 1. The molecule has 0 bridgehead atoms. The molecule has 0 spiro atoms. The summed E-state index contributed by atoms with van der Waals surface area (Å²) < 4.78 is 1.30. The molecule has 4 nitrogen and oxygen atoms in total. The molecule has 0 unspecified atom stereocenters. The van der Waals surface area contributed by atoms with E-state index in [0.717, 1.165) is 5.56 Å². The van der Waals surface area contributed by atoms with Crippen molar-refractivity contribution in [3.05, 3.63) is 59.9 Å². The van der Waals surface area contributed by atoms with Crippen LogP contribution in [0.5, 0.6) is 0 Å². The molecular weight excluding hydrogens is 218 g/mol. The van der Waals surface area contributed by atoms with Crippen molar-refractivity contribution < 1.29 is 14.7 Å². The second kappa shape index (κ2) is 4.65. The Hall–Kier alpha value is -2.36. The van der Waals surface area contributed by atoms with Gasteiger partial charge in [0.15, 0.2) is 0 Å². The SMILES string of the molecule is O=C(O)c1ccn(C(=O)Cc2ccccc2)c1. The van der Waals surface area contributed by atoms with Gasteiger partial charge in [-0.15, -0.1) is 0 Å². The molecule has 2 rings (SSSR count). The number of aromatic carboxylic acids is 1. The fourth-order valence-corrected chi connectivity index (χ4v) is 1.54. The highest BCUT2D eigenvalue weighted by molar-refractivity contribution is 5.89. The molecule has 1 heterocycles. The molecule has 2 aromatic rings. The van der Waals surface area contributed by atoms with Gasteiger partial charge in [-0.05, 0) is 11.6 Å². The first-order valence-corrected chi connectivity index (χ1v) is 5.15. The van der Waals surface area contributed by atoms with E-state index < -0.39 is 5.97 Å². The van der Waals surface area contributed by atoms with E-state index in [2.05, 4.69) is 0 Å². The fourth-order valence-electron chi connectivity index (χ4n) is 1.54. The molecule has 0 aliphatic rings. The second-order valence-electron chi connectivity index (χ2n) is 3.67. The summed E-state index contributed by atoms with van der Waals surface area (Å²) in [6, 6.07) is 10.7. The average Bonchev–Trinajstić information content (AvgIpc) is 2.79. The van der Waals surface area contributed by atoms with E-state index in [4.69, 9.17) is 5.11 Å². The lowest BCUT2D eigenvalue weighted by molar-refractivity contribution is 0.0697. The maximum absolute atomic E-state index is 11.8. The predicted molar refractivity (Wildman–Crippen MR) is 62.2 cm³/mol. The number of benzene rings is 1. The number of carboxylic acid groups (broad SMARTS) is 1. The second-order valence-corrected chi connectivity index (χ2v) is 3.67. The maximum Gasteiger partial charge on any atom is 0.337 e. The Balaban J connectivity index is 2.12. The van der Waals surface area contributed by atoms with Crippen molar-refractivity contribution in [2.24, 2.45) is 0 Å². The minimum atomic E-state index is -1.03. The Bertz CT molecular complexity index is 543. The van der Waals surface area contributed by atoms with E-state index in [1.165, 1.54) is 23.0 Å². The quantitative estimate of drug-likeness (QED) is 0.876. The van der Waals surface area contributed by atoms with Crippen molar-refractivity contribution in [1.29, 1.82) is 0 Å². The first kappa shape index (κ1) is 11.1. The van der Waals surface area contributed by atoms with Crippen molar-refractivity contribution in [2.45, 2.75) is 6.42 Å². The minimum Gasteiger partial charge on any atom is -0.478 e. The number of hydrogen-bond acceptors (Lipinski definition) is 2. The zero-order chi connectivity index (χ0) is 12.3. The van der Waals surface area contributed by atoms with Crippen molar-refractivity contribution in [1.82, 2.24) is 4.57 Å². The third-order valence-corrected chi connectivity index (χ3v) is 2.43. The van der Waals surface area contributed by atoms with Crippen LogP contribution in [0.1, 0.15) is 20.7 Å². The summed E-state index contributed by atoms with van der Waals surface area (Å²) in [5.74, 6) is -1.18. The summed E-state index contributed by atoms with van der Waals surface area (Å²) in [7, 11) is 0. The number of carbonyl (C=O) groups is 2. The molecule has 1 aromatic carbocycles. The lowest BCUT2D eigenvalue weighted by atomic mass is 10.1. The highest BCUT2D eigenvalue weighted by Crippen LogP contribution is 2.05. The first-order valence-electron chi connectivity index (χ1n) is 5.15. The van der Waals surface area contributed by atoms with Crippen molar-refractivity contribution in [3.8, 4) is 0 Å². The van der Waals surface area contributed by atoms with Crippen LogP contribution in [-0.4, -0.2) is 21.6 Å². The van der Waals surface area contributed by atoms with E-state index in [-0.39, 0.29) is 17.9 Å². The molecule has 0 fully saturated rings. The topological polar surface area (TPSA) is 59.3 Å². The molecule has 86 valence electrons. The van der Waals surface area contributed by atoms with E-state index in [1.54, 1.807) is 0 Å². The van der Waals surface area contributed by atoms with Crippen LogP contribution >= 0.6 is 0 Å². The highest BCUT2D eigenvalue weighted by Gasteiger charge is 2.09. The Labute approximate surface area is 98.1 Å². The average molecular weight is 229 g/mol. The smallest absolute Gasteiger partial charge is 0.337 e. The van der Waals surface area contributed by atoms with Crippen LogP contribution < -0.4 is 0 Å². The van der Waals surface area contributed by atoms with Crippen molar-refractivity contribution >= 4 is 11.9 Å². The fraction of sp³-hybridized carbons (Fsp3) is 0.0769. The Morgan fingerprint density at radius 3 is 2.41 bits per heavy atom. The molecule has 0 saturated carbocycles. The van der Waals surface area contributed by atoms with Crippen molar-refractivity contribution in [3.63, 3.8) is 0 Å². The van der Waals surface area contributed by atoms with Crippen LogP contribution in [0.15, 0.2) is 48.8 Å². The van der Waals surface area contributed by atoms with Gasteiger partial charge in [0.25, 0.3) is 0 Å². The summed E-state index contributed by atoms with van der Waals surface area (Å²) in [6.07, 6.45) is 3.05. The molecule has 0 amide bonds. The molecule has 1 aromatic heterocycles. The molecule has 0 aliphatic carbocycles. The lowest BCUT2D eigenvalue weighted by Gasteiger charge is -2.01. The summed E-state index contributed by atoms with van der Waals surface area (Å²) in [5, 5.41) is 8.75. The molecule has 4 heteroatoms. The number of carbonyl (C=O) groups excluding carboxylic acids is 1. The van der Waals surface area contributed by atoms with Crippen LogP contribution in [0.2, 0.25) is 0 Å². The highest BCUT2D eigenvalue weighted by atomic mass is 16.4. The molecule has 0 saturated heterocycles. The largest absolute Gasteiger partial charge is 0.478 e. The van der Waals surface area contributed by atoms with Gasteiger partial charge in [-0.1, -0.05) is 30.3 Å². The summed E-state index contributed by atoms with van der Waals surface area (Å²) >= 11 is 0. The zero-order valence-electron chi connectivity index (χ0n) is 9.04. The third-order valence-electron chi connectivity index (χ3n) is 2.43. The van der Waals surface area contributed by atoms with Crippen LogP contribution in [0.25, 0.3) is 0 Å². The van der Waals surface area contributed by atoms with E-state index >= 15 is 0 Å². The van der Waals surface area contributed by atoms with Gasteiger partial charge in [0, 0.05) is 12.4 Å². The minimum absolute atomic E-state index is 0.117. The normalized spacial score (nSPS) is 10.1. The molecule has 0 aliphatic heterocycles. The van der Waals surface area contributed by atoms with E-state index in [0.29, 0.717) is 0 Å². The van der Waals surface area contributed by atoms with Crippen molar-refractivity contribution in [2.75, 3.05) is 0 Å². The first-order chi connectivity index (χ1) is 8.16. The van der Waals surface area contributed by atoms with Crippen LogP contribution in [0.4, 0.5) is 0 Å². The third kappa shape index (κ3) is 2.60. The Morgan fingerprint density at radius 2 is 1.82 bits per heavy atom. The standard InChI is InChI=1S/C13H11NO3/c15-12(8-10-4-2-1-3-5-10)14-7-6-11(9-14)13(16)17/h1-7,9H,8H2,(H,16,17). The van der Waals surface area contributed by atoms with Gasteiger partial charge in [-0.2, -0.15) is 0 Å². The maximum atomic E-state index is 11.8. The van der Waals surface area contributed by atoms with E-state index in [9.17, 15) is 9.59 Å². The van der Waals surface area contributed by atoms with Gasteiger partial charge in [-0.25, -0.2) is 4.79 Å². The summed E-state index contributed by atoms with van der Waals surface area (Å²) in [4.78, 5) is 22.5.